The molecule has 3 rings (SSSR count). The van der Waals surface area contributed by atoms with E-state index in [9.17, 15) is 5.11 Å². The summed E-state index contributed by atoms with van der Waals surface area (Å²) >= 11 is 7.56. The third-order valence-corrected chi connectivity index (χ3v) is 4.91. The van der Waals surface area contributed by atoms with Crippen molar-refractivity contribution in [2.75, 3.05) is 13.2 Å². The number of hydrogen-bond acceptors (Lipinski definition) is 4. The predicted molar refractivity (Wildman–Crippen MR) is 83.1 cm³/mol. The van der Waals surface area contributed by atoms with Gasteiger partial charge >= 0.3 is 0 Å². The van der Waals surface area contributed by atoms with Gasteiger partial charge in [-0.1, -0.05) is 23.7 Å². The largest absolute Gasteiger partial charge is 0.395 e. The summed E-state index contributed by atoms with van der Waals surface area (Å²) in [6.45, 7) is 2.13. The number of aliphatic hydroxyl groups is 1. The highest BCUT2D eigenvalue weighted by Crippen LogP contribution is 2.27. The Labute approximate surface area is 127 Å². The summed E-state index contributed by atoms with van der Waals surface area (Å²) in [7, 11) is 0. The molecule has 3 nitrogen and oxygen atoms in total. The Balaban J connectivity index is 1.72. The molecule has 0 bridgehead atoms. The molecule has 1 aliphatic heterocycles. The van der Waals surface area contributed by atoms with Crippen LogP contribution in [-0.2, 0) is 6.54 Å². The Kier molecular flexibility index (Phi) is 4.36. The third-order valence-electron chi connectivity index (χ3n) is 3.72. The molecule has 0 amide bonds. The molecule has 0 unspecified atom stereocenters. The van der Waals surface area contributed by atoms with Crippen LogP contribution in [0.1, 0.15) is 18.5 Å². The van der Waals surface area contributed by atoms with Crippen molar-refractivity contribution in [3.05, 3.63) is 40.4 Å². The van der Waals surface area contributed by atoms with Crippen molar-refractivity contribution in [1.82, 2.24) is 9.88 Å². The van der Waals surface area contributed by atoms with Crippen molar-refractivity contribution in [3.8, 4) is 10.6 Å². The van der Waals surface area contributed by atoms with Crippen LogP contribution in [0.3, 0.4) is 0 Å². The molecular weight excluding hydrogens is 292 g/mol. The Morgan fingerprint density at radius 1 is 1.35 bits per heavy atom. The lowest BCUT2D eigenvalue weighted by Crippen LogP contribution is -2.31. The van der Waals surface area contributed by atoms with E-state index in [2.05, 4.69) is 10.3 Å². The second-order valence-electron chi connectivity index (χ2n) is 5.10. The molecular formula is C15H17ClN2OS. The molecule has 1 saturated heterocycles. The first-order chi connectivity index (χ1) is 9.76. The van der Waals surface area contributed by atoms with Gasteiger partial charge in [-0.2, -0.15) is 0 Å². The van der Waals surface area contributed by atoms with E-state index in [1.54, 1.807) is 11.3 Å². The number of benzene rings is 1. The zero-order valence-corrected chi connectivity index (χ0v) is 12.7. The summed E-state index contributed by atoms with van der Waals surface area (Å²) in [6, 6.07) is 8.07. The quantitative estimate of drug-likeness (QED) is 0.940. The number of likely N-dealkylation sites (tertiary alicyclic amines) is 1. The zero-order valence-electron chi connectivity index (χ0n) is 11.1. The second kappa shape index (κ2) is 6.22. The van der Waals surface area contributed by atoms with Gasteiger partial charge in [0.05, 0.1) is 12.3 Å². The first kappa shape index (κ1) is 14.0. The molecule has 1 fully saturated rings. The second-order valence-corrected chi connectivity index (χ2v) is 6.39. The minimum atomic E-state index is 0.244. The van der Waals surface area contributed by atoms with Crippen LogP contribution in [0.25, 0.3) is 10.6 Å². The van der Waals surface area contributed by atoms with Crippen LogP contribution in [0.5, 0.6) is 0 Å². The van der Waals surface area contributed by atoms with Crippen LogP contribution in [0.4, 0.5) is 0 Å². The van der Waals surface area contributed by atoms with Crippen molar-refractivity contribution in [3.63, 3.8) is 0 Å². The summed E-state index contributed by atoms with van der Waals surface area (Å²) in [5.41, 5.74) is 2.19. The summed E-state index contributed by atoms with van der Waals surface area (Å²) in [5.74, 6) is 0. The minimum absolute atomic E-state index is 0.244. The van der Waals surface area contributed by atoms with Gasteiger partial charge in [0.25, 0.3) is 0 Å². The third kappa shape index (κ3) is 3.04. The van der Waals surface area contributed by atoms with Crippen LogP contribution >= 0.6 is 22.9 Å². The highest BCUT2D eigenvalue weighted by atomic mass is 35.5. The van der Waals surface area contributed by atoms with E-state index in [0.717, 1.165) is 40.8 Å². The van der Waals surface area contributed by atoms with E-state index in [1.807, 2.05) is 24.3 Å². The maximum absolute atomic E-state index is 9.35. The number of thiazole rings is 1. The van der Waals surface area contributed by atoms with E-state index in [-0.39, 0.29) is 6.61 Å². The molecule has 0 spiro atoms. The van der Waals surface area contributed by atoms with E-state index < -0.39 is 0 Å². The average Bonchev–Trinajstić information content (AvgIpc) is 3.09. The van der Waals surface area contributed by atoms with Crippen LogP contribution in [0.2, 0.25) is 5.02 Å². The number of halogens is 1. The molecule has 1 aromatic heterocycles. The highest BCUT2D eigenvalue weighted by Gasteiger charge is 2.24. The number of nitrogens with zero attached hydrogens (tertiary/aromatic N) is 2. The molecule has 106 valence electrons. The van der Waals surface area contributed by atoms with Gasteiger partial charge in [0.1, 0.15) is 5.01 Å². The molecule has 1 N–H and O–H groups in total. The molecule has 0 aliphatic carbocycles. The lowest BCUT2D eigenvalue weighted by Gasteiger charge is -2.21. The van der Waals surface area contributed by atoms with Gasteiger partial charge in [-0.15, -0.1) is 11.3 Å². The van der Waals surface area contributed by atoms with Crippen LogP contribution in [0, 0.1) is 0 Å². The van der Waals surface area contributed by atoms with E-state index >= 15 is 0 Å². The van der Waals surface area contributed by atoms with Crippen molar-refractivity contribution in [2.24, 2.45) is 0 Å². The van der Waals surface area contributed by atoms with E-state index in [1.165, 1.54) is 6.42 Å². The van der Waals surface area contributed by atoms with Gasteiger partial charge in [-0.3, -0.25) is 4.90 Å². The fourth-order valence-corrected chi connectivity index (χ4v) is 3.57. The number of hydrogen-bond donors (Lipinski definition) is 1. The maximum atomic E-state index is 9.35. The Morgan fingerprint density at radius 2 is 2.15 bits per heavy atom. The number of aromatic nitrogens is 1. The van der Waals surface area contributed by atoms with Gasteiger partial charge in [0.2, 0.25) is 0 Å². The standard InChI is InChI=1S/C15H17ClN2OS/c16-12-5-3-11(4-6-12)15-17-13(10-20-15)8-18-7-1-2-14(18)9-19/h3-6,10,14,19H,1-2,7-9H2/t14-/m1/s1. The first-order valence-corrected chi connectivity index (χ1v) is 8.07. The molecule has 2 heterocycles. The SMILES string of the molecule is OC[C@H]1CCCN1Cc1csc(-c2ccc(Cl)cc2)n1. The van der Waals surface area contributed by atoms with Gasteiger partial charge in [0, 0.05) is 28.6 Å². The van der Waals surface area contributed by atoms with Crippen molar-refractivity contribution < 1.29 is 5.11 Å². The summed E-state index contributed by atoms with van der Waals surface area (Å²) < 4.78 is 0. The molecule has 1 aromatic carbocycles. The lowest BCUT2D eigenvalue weighted by atomic mass is 10.2. The number of rotatable bonds is 4. The van der Waals surface area contributed by atoms with Crippen LogP contribution in [0.15, 0.2) is 29.6 Å². The summed E-state index contributed by atoms with van der Waals surface area (Å²) in [5, 5.41) is 13.2. The van der Waals surface area contributed by atoms with Gasteiger partial charge < -0.3 is 5.11 Å². The number of aliphatic hydroxyl groups excluding tert-OH is 1. The molecule has 1 atom stereocenters. The fourth-order valence-electron chi connectivity index (χ4n) is 2.62. The average molecular weight is 309 g/mol. The Hall–Kier alpha value is -0.940. The van der Waals surface area contributed by atoms with E-state index in [4.69, 9.17) is 16.6 Å². The predicted octanol–water partition coefficient (Wildman–Crippen LogP) is 3.42. The molecule has 0 radical (unpaired) electrons. The monoisotopic (exact) mass is 308 g/mol. The maximum Gasteiger partial charge on any atom is 0.123 e. The fraction of sp³-hybridized carbons (Fsp3) is 0.400. The normalized spacial score (nSPS) is 19.6. The lowest BCUT2D eigenvalue weighted by molar-refractivity contribution is 0.152. The molecule has 20 heavy (non-hydrogen) atoms. The molecule has 5 heteroatoms. The first-order valence-electron chi connectivity index (χ1n) is 6.81. The summed E-state index contributed by atoms with van der Waals surface area (Å²) in [6.07, 6.45) is 2.25. The van der Waals surface area contributed by atoms with Crippen LogP contribution < -0.4 is 0 Å². The van der Waals surface area contributed by atoms with Gasteiger partial charge in [-0.05, 0) is 31.5 Å². The molecule has 2 aromatic rings. The highest BCUT2D eigenvalue weighted by molar-refractivity contribution is 7.13. The Morgan fingerprint density at radius 3 is 2.90 bits per heavy atom. The molecule has 0 saturated carbocycles. The van der Waals surface area contributed by atoms with Crippen molar-refractivity contribution >= 4 is 22.9 Å². The zero-order chi connectivity index (χ0) is 13.9. The molecule has 1 aliphatic rings. The minimum Gasteiger partial charge on any atom is -0.395 e. The van der Waals surface area contributed by atoms with Gasteiger partial charge in [-0.25, -0.2) is 4.98 Å². The summed E-state index contributed by atoms with van der Waals surface area (Å²) in [4.78, 5) is 7.01. The Bertz CT molecular complexity index is 570. The topological polar surface area (TPSA) is 36.4 Å². The van der Waals surface area contributed by atoms with Gasteiger partial charge in [0.15, 0.2) is 0 Å². The smallest absolute Gasteiger partial charge is 0.123 e. The van der Waals surface area contributed by atoms with Crippen molar-refractivity contribution in [2.45, 2.75) is 25.4 Å². The van der Waals surface area contributed by atoms with Crippen LogP contribution in [-0.4, -0.2) is 34.2 Å². The van der Waals surface area contributed by atoms with Crippen molar-refractivity contribution in [1.29, 1.82) is 0 Å². The van der Waals surface area contributed by atoms with E-state index in [0.29, 0.717) is 6.04 Å².